The van der Waals surface area contributed by atoms with E-state index in [0.29, 0.717) is 10.8 Å². The van der Waals surface area contributed by atoms with E-state index in [1.807, 2.05) is 25.1 Å². The Morgan fingerprint density at radius 1 is 1.50 bits per heavy atom. The number of methoxy groups -OCH3 is 1. The van der Waals surface area contributed by atoms with Crippen molar-refractivity contribution >= 4 is 23.4 Å². The average molecular weight is 437 g/mol. The molecule has 2 rings (SSSR count). The minimum Gasteiger partial charge on any atom is -0.495 e. The van der Waals surface area contributed by atoms with Crippen molar-refractivity contribution in [3.05, 3.63) is 46.5 Å². The number of aliphatic hydroxyl groups is 1. The van der Waals surface area contributed by atoms with E-state index in [1.165, 1.54) is 5.57 Å². The van der Waals surface area contributed by atoms with Crippen LogP contribution in [0, 0.1) is 0 Å². The van der Waals surface area contributed by atoms with Gasteiger partial charge >= 0.3 is 6.09 Å². The molecule has 1 heterocycles. The summed E-state index contributed by atoms with van der Waals surface area (Å²) < 4.78 is 10.6. The molecule has 0 radical (unpaired) electrons. The van der Waals surface area contributed by atoms with Gasteiger partial charge in [0.2, 0.25) is 0 Å². The number of nitrogens with one attached hydrogen (secondary N) is 1. The number of hydrogen-bond acceptors (Lipinski definition) is 5. The lowest BCUT2D eigenvalue weighted by Crippen LogP contribution is -2.45. The Kier molecular flexibility index (Phi) is 9.06. The second-order valence-electron chi connectivity index (χ2n) is 7.74. The molecule has 0 saturated carbocycles. The summed E-state index contributed by atoms with van der Waals surface area (Å²) in [5, 5.41) is 13.3. The van der Waals surface area contributed by atoms with Crippen molar-refractivity contribution in [2.24, 2.45) is 0 Å². The van der Waals surface area contributed by atoms with Gasteiger partial charge in [-0.1, -0.05) is 42.3 Å². The first-order valence-electron chi connectivity index (χ1n) is 10.3. The van der Waals surface area contributed by atoms with Crippen LogP contribution in [-0.4, -0.2) is 43.7 Å². The van der Waals surface area contributed by atoms with E-state index in [2.05, 4.69) is 24.4 Å². The highest BCUT2D eigenvalue weighted by Crippen LogP contribution is 2.36. The molecular weight excluding hydrogens is 404 g/mol. The van der Waals surface area contributed by atoms with Crippen molar-refractivity contribution in [3.8, 4) is 5.75 Å². The number of anilines is 1. The molecule has 2 N–H and O–H groups in total. The molecule has 1 saturated heterocycles. The second-order valence-corrected chi connectivity index (χ2v) is 8.12. The fourth-order valence-electron chi connectivity index (χ4n) is 3.38. The van der Waals surface area contributed by atoms with E-state index in [-0.39, 0.29) is 18.2 Å². The number of allylic oxidation sites excluding steroid dienone is 3. The lowest BCUT2D eigenvalue weighted by atomic mass is 10.0. The van der Waals surface area contributed by atoms with E-state index in [0.717, 1.165) is 36.9 Å². The van der Waals surface area contributed by atoms with Crippen molar-refractivity contribution in [2.75, 3.05) is 19.1 Å². The van der Waals surface area contributed by atoms with E-state index >= 15 is 0 Å². The molecule has 1 aromatic carbocycles. The Balaban J connectivity index is 2.03. The number of carbonyl (C=O) groups is 1. The SMILES string of the molecule is CC[C@@H]1CC(C/C=C/C=C(\C)Cc2cc(OC)c(Cl)c(N(C)C(C)O)c2)NC(=O)O1. The van der Waals surface area contributed by atoms with E-state index in [9.17, 15) is 9.90 Å². The number of carbonyl (C=O) groups excluding carboxylic acids is 1. The van der Waals surface area contributed by atoms with E-state index in [4.69, 9.17) is 21.1 Å². The molecule has 3 atom stereocenters. The highest BCUT2D eigenvalue weighted by atomic mass is 35.5. The number of nitrogens with zero attached hydrogens (tertiary/aromatic N) is 1. The number of ether oxygens (including phenoxy) is 2. The van der Waals surface area contributed by atoms with Crippen LogP contribution >= 0.6 is 11.6 Å². The Morgan fingerprint density at radius 2 is 2.23 bits per heavy atom. The van der Waals surface area contributed by atoms with Crippen LogP contribution in [0.25, 0.3) is 0 Å². The van der Waals surface area contributed by atoms with E-state index in [1.54, 1.807) is 26.0 Å². The van der Waals surface area contributed by atoms with Crippen LogP contribution in [0.2, 0.25) is 5.02 Å². The molecule has 6 nitrogen and oxygen atoms in total. The first-order chi connectivity index (χ1) is 14.2. The number of aliphatic hydroxyl groups excluding tert-OH is 1. The summed E-state index contributed by atoms with van der Waals surface area (Å²) in [6.07, 6.45) is 8.34. The molecule has 1 fully saturated rings. The zero-order valence-corrected chi connectivity index (χ0v) is 19.2. The van der Waals surface area contributed by atoms with Crippen molar-refractivity contribution < 1.29 is 19.4 Å². The number of hydrogen-bond donors (Lipinski definition) is 2. The van der Waals surface area contributed by atoms with Crippen molar-refractivity contribution in [3.63, 3.8) is 0 Å². The number of alkyl carbamates (subject to hydrolysis) is 1. The predicted octanol–water partition coefficient (Wildman–Crippen LogP) is 4.84. The molecule has 1 aliphatic rings. The van der Waals surface area contributed by atoms with Crippen LogP contribution in [0.1, 0.15) is 45.6 Å². The minimum absolute atomic E-state index is 0.00304. The molecule has 1 aromatic rings. The lowest BCUT2D eigenvalue weighted by molar-refractivity contribution is 0.0573. The molecule has 7 heteroatoms. The summed E-state index contributed by atoms with van der Waals surface area (Å²) in [5.74, 6) is 0.584. The molecule has 1 amide bonds. The van der Waals surface area contributed by atoms with Crippen LogP contribution in [-0.2, 0) is 11.2 Å². The van der Waals surface area contributed by atoms with Gasteiger partial charge in [-0.15, -0.1) is 0 Å². The van der Waals surface area contributed by atoms with Gasteiger partial charge in [0.1, 0.15) is 23.1 Å². The molecule has 166 valence electrons. The zero-order chi connectivity index (χ0) is 22.3. The second kappa shape index (κ2) is 11.3. The Morgan fingerprint density at radius 3 is 2.87 bits per heavy atom. The summed E-state index contributed by atoms with van der Waals surface area (Å²) in [6, 6.07) is 4.01. The summed E-state index contributed by atoms with van der Waals surface area (Å²) in [5.41, 5.74) is 2.94. The highest BCUT2D eigenvalue weighted by molar-refractivity contribution is 6.34. The topological polar surface area (TPSA) is 71.0 Å². The molecule has 30 heavy (non-hydrogen) atoms. The van der Waals surface area contributed by atoms with E-state index < -0.39 is 6.23 Å². The van der Waals surface area contributed by atoms with Gasteiger partial charge in [-0.2, -0.15) is 0 Å². The van der Waals surface area contributed by atoms with Crippen molar-refractivity contribution in [2.45, 2.75) is 64.8 Å². The first kappa shape index (κ1) is 24.1. The lowest BCUT2D eigenvalue weighted by Gasteiger charge is -2.28. The fraction of sp³-hybridized carbons (Fsp3) is 0.522. The zero-order valence-electron chi connectivity index (χ0n) is 18.4. The van der Waals surface area contributed by atoms with Gasteiger partial charge in [-0.3, -0.25) is 0 Å². The predicted molar refractivity (Wildman–Crippen MR) is 121 cm³/mol. The van der Waals surface area contributed by atoms with Gasteiger partial charge in [-0.25, -0.2) is 4.79 Å². The van der Waals surface area contributed by atoms with Gasteiger partial charge in [0.05, 0.1) is 12.8 Å². The van der Waals surface area contributed by atoms with Crippen molar-refractivity contribution in [1.82, 2.24) is 5.32 Å². The quantitative estimate of drug-likeness (QED) is 0.428. The monoisotopic (exact) mass is 436 g/mol. The maximum absolute atomic E-state index is 11.6. The van der Waals surface area contributed by atoms with Gasteiger partial charge < -0.3 is 24.8 Å². The Labute approximate surface area is 184 Å². The average Bonchev–Trinajstić information content (AvgIpc) is 2.71. The van der Waals surface area contributed by atoms with Crippen LogP contribution in [0.3, 0.4) is 0 Å². The number of benzene rings is 1. The molecule has 0 spiro atoms. The number of halogens is 1. The minimum atomic E-state index is -0.667. The smallest absolute Gasteiger partial charge is 0.407 e. The standard InChI is InChI=1S/C23H33ClN2O4/c1-6-19-14-18(25-23(28)30-19)10-8-7-9-15(2)11-17-12-20(26(4)16(3)27)22(24)21(13-17)29-5/h7-9,12-13,16,18-19,27H,6,10-11,14H2,1-5H3,(H,25,28)/b8-7+,15-9+/t16?,18?,19-/m1/s1. The third-order valence-corrected chi connectivity index (χ3v) is 5.64. The van der Waals surface area contributed by atoms with Gasteiger partial charge in [0.25, 0.3) is 0 Å². The summed E-state index contributed by atoms with van der Waals surface area (Å²) >= 11 is 6.42. The normalized spacial score (nSPS) is 20.6. The third-order valence-electron chi connectivity index (χ3n) is 5.26. The van der Waals surface area contributed by atoms with Crippen LogP contribution in [0.5, 0.6) is 5.75 Å². The summed E-state index contributed by atoms with van der Waals surface area (Å²) in [7, 11) is 3.37. The maximum atomic E-state index is 11.6. The third kappa shape index (κ3) is 6.67. The first-order valence-corrected chi connectivity index (χ1v) is 10.7. The highest BCUT2D eigenvalue weighted by Gasteiger charge is 2.25. The summed E-state index contributed by atoms with van der Waals surface area (Å²) in [4.78, 5) is 13.3. The molecule has 1 aliphatic heterocycles. The number of cyclic esters (lactones) is 1. The molecule has 0 bridgehead atoms. The fourth-order valence-corrected chi connectivity index (χ4v) is 3.70. The number of amides is 1. The molecule has 0 aromatic heterocycles. The van der Waals surface area contributed by atoms with Gasteiger partial charge in [0.15, 0.2) is 0 Å². The number of rotatable bonds is 9. The Hall–Kier alpha value is -2.18. The van der Waals surface area contributed by atoms with Crippen LogP contribution < -0.4 is 15.0 Å². The molecule has 2 unspecified atom stereocenters. The Bertz CT molecular complexity index is 792. The van der Waals surface area contributed by atoms with Crippen molar-refractivity contribution in [1.29, 1.82) is 0 Å². The maximum Gasteiger partial charge on any atom is 0.407 e. The largest absolute Gasteiger partial charge is 0.495 e. The van der Waals surface area contributed by atoms with Gasteiger partial charge in [0, 0.05) is 19.5 Å². The molecule has 0 aliphatic carbocycles. The van der Waals surface area contributed by atoms with Crippen LogP contribution in [0.15, 0.2) is 35.9 Å². The summed E-state index contributed by atoms with van der Waals surface area (Å²) in [6.45, 7) is 5.78. The molecular formula is C23H33ClN2O4. The van der Waals surface area contributed by atoms with Crippen LogP contribution in [0.4, 0.5) is 10.5 Å². The van der Waals surface area contributed by atoms with Gasteiger partial charge in [-0.05, 0) is 50.8 Å².